The van der Waals surface area contributed by atoms with Crippen LogP contribution in [-0.4, -0.2) is 7.11 Å². The molecule has 0 N–H and O–H groups in total. The van der Waals surface area contributed by atoms with Gasteiger partial charge in [0.25, 0.3) is 0 Å². The first-order valence-corrected chi connectivity index (χ1v) is 11.6. The van der Waals surface area contributed by atoms with Crippen LogP contribution in [0.5, 0.6) is 5.75 Å². The Labute approximate surface area is 196 Å². The zero-order chi connectivity index (χ0) is 22.6. The second-order valence-corrected chi connectivity index (χ2v) is 8.75. The minimum atomic E-state index is -0.0189. The molecule has 0 aliphatic carbocycles. The molecule has 164 valence electrons. The largest absolute Gasteiger partial charge is 0.487 e. The van der Waals surface area contributed by atoms with Gasteiger partial charge in [-0.2, -0.15) is 0 Å². The molecule has 0 radical (unpaired) electrons. The van der Waals surface area contributed by atoms with Crippen molar-refractivity contribution in [3.05, 3.63) is 118 Å². The quantitative estimate of drug-likeness (QED) is 0.207. The van der Waals surface area contributed by atoms with Gasteiger partial charge < -0.3 is 4.74 Å². The van der Waals surface area contributed by atoms with Crippen LogP contribution in [0.15, 0.2) is 102 Å². The number of anilines is 1. The van der Waals surface area contributed by atoms with E-state index in [4.69, 9.17) is 9.57 Å². The molecule has 5 aromatic rings. The molecule has 5 rings (SSSR count). The van der Waals surface area contributed by atoms with Gasteiger partial charge in [-0.1, -0.05) is 72.8 Å². The predicted octanol–water partition coefficient (Wildman–Crippen LogP) is 6.56. The van der Waals surface area contributed by atoms with Crippen molar-refractivity contribution in [2.24, 2.45) is 0 Å². The molecule has 5 heteroatoms. The summed E-state index contributed by atoms with van der Waals surface area (Å²) in [5, 5.41) is 3.08. The third kappa shape index (κ3) is 4.33. The van der Waals surface area contributed by atoms with E-state index in [0.717, 1.165) is 26.2 Å². The third-order valence-electron chi connectivity index (χ3n) is 5.57. The Morgan fingerprint density at radius 2 is 1.45 bits per heavy atom. The Morgan fingerprint density at radius 3 is 2.18 bits per heavy atom. The summed E-state index contributed by atoms with van der Waals surface area (Å²) in [4.78, 5) is 19.4. The zero-order valence-corrected chi connectivity index (χ0v) is 19.0. The maximum Gasteiger partial charge on any atom is 0.198 e. The van der Waals surface area contributed by atoms with Gasteiger partial charge in [-0.3, -0.25) is 9.63 Å². The number of hydrogen-bond donors (Lipinski definition) is 0. The van der Waals surface area contributed by atoms with Crippen LogP contribution in [-0.2, 0) is 18.0 Å². The number of hydrogen-bond acceptors (Lipinski definition) is 5. The van der Waals surface area contributed by atoms with Crippen LogP contribution in [0.1, 0.15) is 11.1 Å². The highest BCUT2D eigenvalue weighted by Crippen LogP contribution is 2.38. The van der Waals surface area contributed by atoms with Crippen LogP contribution < -0.4 is 15.2 Å². The van der Waals surface area contributed by atoms with Crippen molar-refractivity contribution in [3.63, 3.8) is 0 Å². The number of benzene rings is 4. The minimum absolute atomic E-state index is 0.0189. The zero-order valence-electron chi connectivity index (χ0n) is 18.2. The van der Waals surface area contributed by atoms with E-state index in [1.54, 1.807) is 23.5 Å². The molecule has 0 amide bonds. The van der Waals surface area contributed by atoms with Crippen molar-refractivity contribution < 1.29 is 9.57 Å². The van der Waals surface area contributed by atoms with Crippen molar-refractivity contribution in [2.75, 3.05) is 12.2 Å². The smallest absolute Gasteiger partial charge is 0.198 e. The van der Waals surface area contributed by atoms with Crippen LogP contribution in [0, 0.1) is 0 Å². The lowest BCUT2D eigenvalue weighted by atomic mass is 10.1. The van der Waals surface area contributed by atoms with E-state index < -0.39 is 0 Å². The summed E-state index contributed by atoms with van der Waals surface area (Å²) in [7, 11) is 1.63. The maximum absolute atomic E-state index is 13.7. The number of ether oxygens (including phenoxy) is 1. The van der Waals surface area contributed by atoms with Crippen molar-refractivity contribution in [2.45, 2.75) is 13.2 Å². The predicted molar refractivity (Wildman–Crippen MR) is 136 cm³/mol. The van der Waals surface area contributed by atoms with E-state index in [1.807, 2.05) is 97.1 Å². The van der Waals surface area contributed by atoms with E-state index in [1.165, 1.54) is 0 Å². The summed E-state index contributed by atoms with van der Waals surface area (Å²) in [5.74, 6) is 0.696. The lowest BCUT2D eigenvalue weighted by Gasteiger charge is -2.24. The average molecular weight is 454 g/mol. The molecule has 4 aromatic carbocycles. The molecule has 4 nitrogen and oxygen atoms in total. The van der Waals surface area contributed by atoms with E-state index in [-0.39, 0.29) is 5.43 Å². The van der Waals surface area contributed by atoms with Crippen LogP contribution in [0.4, 0.5) is 5.69 Å². The fraction of sp³-hybridized carbons (Fsp3) is 0.107. The van der Waals surface area contributed by atoms with E-state index in [9.17, 15) is 4.79 Å². The van der Waals surface area contributed by atoms with Gasteiger partial charge in [0.1, 0.15) is 12.4 Å². The van der Waals surface area contributed by atoms with Crippen molar-refractivity contribution in [3.8, 4) is 5.75 Å². The molecule has 0 unspecified atom stereocenters. The van der Waals surface area contributed by atoms with Gasteiger partial charge in [0.2, 0.25) is 0 Å². The summed E-state index contributed by atoms with van der Waals surface area (Å²) in [5.41, 5.74) is 2.88. The normalized spacial score (nSPS) is 11.1. The second kappa shape index (κ2) is 9.45. The fourth-order valence-electron chi connectivity index (χ4n) is 3.92. The van der Waals surface area contributed by atoms with Crippen LogP contribution in [0.25, 0.3) is 20.2 Å². The third-order valence-corrected chi connectivity index (χ3v) is 6.75. The second-order valence-electron chi connectivity index (χ2n) is 7.69. The fourth-order valence-corrected chi connectivity index (χ4v) is 5.08. The van der Waals surface area contributed by atoms with Gasteiger partial charge in [-0.15, -0.1) is 11.3 Å². The Hall–Kier alpha value is -3.67. The van der Waals surface area contributed by atoms with Crippen LogP contribution in [0.2, 0.25) is 0 Å². The monoisotopic (exact) mass is 453 g/mol. The molecular weight excluding hydrogens is 430 g/mol. The lowest BCUT2D eigenvalue weighted by molar-refractivity contribution is 0.163. The van der Waals surface area contributed by atoms with Gasteiger partial charge in [0.05, 0.1) is 29.4 Å². The van der Waals surface area contributed by atoms with E-state index in [0.29, 0.717) is 29.7 Å². The highest BCUT2D eigenvalue weighted by atomic mass is 32.1. The number of rotatable bonds is 7. The van der Waals surface area contributed by atoms with Gasteiger partial charge in [-0.25, -0.2) is 5.06 Å². The van der Waals surface area contributed by atoms with Gasteiger partial charge in [-0.05, 0) is 35.4 Å². The Bertz CT molecular complexity index is 1450. The van der Waals surface area contributed by atoms with E-state index in [2.05, 4.69) is 0 Å². The molecule has 0 saturated heterocycles. The lowest BCUT2D eigenvalue weighted by Crippen LogP contribution is -2.22. The summed E-state index contributed by atoms with van der Waals surface area (Å²) in [6.07, 6.45) is 0. The molecule has 0 fully saturated rings. The SMILES string of the molecule is CON(Cc1ccccc1)c1ccc(OCc2ccccc2)c2sc3ccccc3c(=O)c12. The van der Waals surface area contributed by atoms with Gasteiger partial charge >= 0.3 is 0 Å². The standard InChI is InChI=1S/C28H23NO3S/c1-31-29(18-20-10-4-2-5-11-20)23-16-17-24(32-19-21-12-6-3-7-13-21)28-26(23)27(30)22-14-8-9-15-25(22)33-28/h2-17H,18-19H2,1H3. The molecule has 1 aromatic heterocycles. The van der Waals surface area contributed by atoms with Crippen LogP contribution in [0.3, 0.4) is 0 Å². The summed E-state index contributed by atoms with van der Waals surface area (Å²) in [6.45, 7) is 0.953. The first-order chi connectivity index (χ1) is 16.2. The molecule has 0 atom stereocenters. The Balaban J connectivity index is 1.65. The number of fused-ring (bicyclic) bond motifs is 2. The maximum atomic E-state index is 13.7. The molecule has 1 heterocycles. The molecular formula is C28H23NO3S. The highest BCUT2D eigenvalue weighted by Gasteiger charge is 2.19. The molecule has 0 aliphatic rings. The molecule has 0 aliphatic heterocycles. The minimum Gasteiger partial charge on any atom is -0.487 e. The van der Waals surface area contributed by atoms with Crippen molar-refractivity contribution >= 4 is 37.2 Å². The first-order valence-electron chi connectivity index (χ1n) is 10.8. The topological polar surface area (TPSA) is 38.8 Å². The summed E-state index contributed by atoms with van der Waals surface area (Å²) >= 11 is 1.57. The molecule has 0 spiro atoms. The average Bonchev–Trinajstić information content (AvgIpc) is 2.87. The van der Waals surface area contributed by atoms with Gasteiger partial charge in [0.15, 0.2) is 5.43 Å². The summed E-state index contributed by atoms with van der Waals surface area (Å²) < 4.78 is 7.96. The summed E-state index contributed by atoms with van der Waals surface area (Å²) in [6, 6.07) is 31.6. The molecule has 0 saturated carbocycles. The Kier molecular flexibility index (Phi) is 6.07. The van der Waals surface area contributed by atoms with Crippen molar-refractivity contribution in [1.29, 1.82) is 0 Å². The van der Waals surface area contributed by atoms with Crippen molar-refractivity contribution in [1.82, 2.24) is 0 Å². The Morgan fingerprint density at radius 1 is 0.788 bits per heavy atom. The molecule has 0 bridgehead atoms. The highest BCUT2D eigenvalue weighted by molar-refractivity contribution is 7.25. The van der Waals surface area contributed by atoms with Gasteiger partial charge in [0, 0.05) is 10.1 Å². The first kappa shape index (κ1) is 21.2. The number of nitrogens with zero attached hydrogens (tertiary/aromatic N) is 1. The van der Waals surface area contributed by atoms with Crippen LogP contribution >= 0.6 is 11.3 Å². The van der Waals surface area contributed by atoms with E-state index >= 15 is 0 Å². The molecule has 33 heavy (non-hydrogen) atoms. The number of hydroxylamine groups is 1.